The predicted molar refractivity (Wildman–Crippen MR) is 112 cm³/mol. The lowest BCUT2D eigenvalue weighted by Gasteiger charge is -2.30. The minimum atomic E-state index is -0.838. The summed E-state index contributed by atoms with van der Waals surface area (Å²) in [5.74, 6) is 4.86. The van der Waals surface area contributed by atoms with Gasteiger partial charge < -0.3 is 10.1 Å². The molecule has 0 spiro atoms. The van der Waals surface area contributed by atoms with Gasteiger partial charge in [0.25, 0.3) is 5.91 Å². The van der Waals surface area contributed by atoms with Gasteiger partial charge >= 0.3 is 6.09 Å². The highest BCUT2D eigenvalue weighted by Gasteiger charge is 2.28. The monoisotopic (exact) mass is 419 g/mol. The van der Waals surface area contributed by atoms with E-state index in [0.717, 1.165) is 0 Å². The fourth-order valence-corrected chi connectivity index (χ4v) is 2.70. The van der Waals surface area contributed by atoms with Gasteiger partial charge in [-0.15, -0.1) is 0 Å². The number of rotatable bonds is 7. The Hall–Kier alpha value is -2.84. The number of aromatic nitrogens is 1. The summed E-state index contributed by atoms with van der Waals surface area (Å²) in [4.78, 5) is 30.8. The zero-order valence-corrected chi connectivity index (χ0v) is 17.4. The van der Waals surface area contributed by atoms with Gasteiger partial charge in [-0.3, -0.25) is 20.1 Å². The summed E-state index contributed by atoms with van der Waals surface area (Å²) in [6.07, 6.45) is 1.07. The number of ether oxygens (including phenoxy) is 1. The zero-order valence-electron chi connectivity index (χ0n) is 16.7. The number of anilines is 1. The number of benzene rings is 1. The molecule has 1 heterocycles. The lowest BCUT2D eigenvalue weighted by Crippen LogP contribution is -2.51. The van der Waals surface area contributed by atoms with Crippen LogP contribution < -0.4 is 16.6 Å². The fraction of sp³-hybridized carbons (Fsp3) is 0.350. The van der Waals surface area contributed by atoms with Gasteiger partial charge in [-0.05, 0) is 51.1 Å². The van der Waals surface area contributed by atoms with E-state index in [0.29, 0.717) is 16.4 Å². The standard InChI is InChI=1S/C20H26ClN5O3/c1-20(2,3)29-19(28)26(12-16-8-4-5-10-23-16)13-17(18(27)25-22)24-15-9-6-7-14(21)11-15/h4-11,17,24H,12-13,22H2,1-3H3,(H,25,27)/t17-/m0/s1. The molecule has 9 heteroatoms. The summed E-state index contributed by atoms with van der Waals surface area (Å²) in [7, 11) is 0. The topological polar surface area (TPSA) is 110 Å². The van der Waals surface area contributed by atoms with Crippen molar-refractivity contribution in [3.05, 3.63) is 59.4 Å². The van der Waals surface area contributed by atoms with Gasteiger partial charge in [0.15, 0.2) is 0 Å². The van der Waals surface area contributed by atoms with Crippen molar-refractivity contribution in [1.29, 1.82) is 0 Å². The average Bonchev–Trinajstić information content (AvgIpc) is 2.65. The molecule has 156 valence electrons. The third-order valence-electron chi connectivity index (χ3n) is 3.76. The van der Waals surface area contributed by atoms with Gasteiger partial charge in [0, 0.05) is 16.9 Å². The van der Waals surface area contributed by atoms with Crippen LogP contribution in [0.5, 0.6) is 0 Å². The van der Waals surface area contributed by atoms with Crippen molar-refractivity contribution in [2.45, 2.75) is 39.0 Å². The van der Waals surface area contributed by atoms with Crippen LogP contribution in [-0.2, 0) is 16.1 Å². The number of nitrogens with two attached hydrogens (primary N) is 1. The number of nitrogens with one attached hydrogen (secondary N) is 2. The molecule has 2 rings (SSSR count). The molecule has 0 aliphatic heterocycles. The molecule has 0 fully saturated rings. The third kappa shape index (κ3) is 7.59. The van der Waals surface area contributed by atoms with E-state index in [9.17, 15) is 9.59 Å². The lowest BCUT2D eigenvalue weighted by molar-refractivity contribution is -0.122. The van der Waals surface area contributed by atoms with Crippen LogP contribution in [0, 0.1) is 0 Å². The molecule has 0 saturated carbocycles. The van der Waals surface area contributed by atoms with Crippen LogP contribution in [0.25, 0.3) is 0 Å². The normalized spacial score (nSPS) is 12.0. The number of hydrogen-bond acceptors (Lipinski definition) is 6. The van der Waals surface area contributed by atoms with Crippen molar-refractivity contribution in [1.82, 2.24) is 15.3 Å². The van der Waals surface area contributed by atoms with Crippen molar-refractivity contribution in [3.8, 4) is 0 Å². The maximum atomic E-state index is 12.8. The number of hydrazine groups is 1. The van der Waals surface area contributed by atoms with Gasteiger partial charge in [0.05, 0.1) is 18.8 Å². The Labute approximate surface area is 175 Å². The first-order valence-corrected chi connectivity index (χ1v) is 9.46. The van der Waals surface area contributed by atoms with Crippen molar-refractivity contribution in [2.24, 2.45) is 5.84 Å². The van der Waals surface area contributed by atoms with E-state index >= 15 is 0 Å². The summed E-state index contributed by atoms with van der Waals surface area (Å²) in [6, 6.07) is 11.5. The number of pyridine rings is 1. The van der Waals surface area contributed by atoms with Crippen LogP contribution in [0.2, 0.25) is 5.02 Å². The molecule has 0 aliphatic rings. The van der Waals surface area contributed by atoms with Crippen molar-refractivity contribution >= 4 is 29.3 Å². The predicted octanol–water partition coefficient (Wildman–Crippen LogP) is 2.94. The SMILES string of the molecule is CC(C)(C)OC(=O)N(Cc1ccccn1)C[C@H](Nc1cccc(Cl)c1)C(=O)NN. The first kappa shape index (κ1) is 22.4. The van der Waals surface area contributed by atoms with Crippen molar-refractivity contribution in [2.75, 3.05) is 11.9 Å². The minimum absolute atomic E-state index is 0.00103. The molecule has 0 saturated heterocycles. The summed E-state index contributed by atoms with van der Waals surface area (Å²) in [5.41, 5.74) is 2.72. The Morgan fingerprint density at radius 1 is 1.24 bits per heavy atom. The Morgan fingerprint density at radius 2 is 2.00 bits per heavy atom. The minimum Gasteiger partial charge on any atom is -0.444 e. The molecule has 29 heavy (non-hydrogen) atoms. The maximum absolute atomic E-state index is 12.8. The zero-order chi connectivity index (χ0) is 21.4. The van der Waals surface area contributed by atoms with Crippen LogP contribution in [0.3, 0.4) is 0 Å². The Kier molecular flexibility index (Phi) is 7.81. The van der Waals surface area contributed by atoms with E-state index in [1.54, 1.807) is 63.4 Å². The average molecular weight is 420 g/mol. The highest BCUT2D eigenvalue weighted by atomic mass is 35.5. The summed E-state index contributed by atoms with van der Waals surface area (Å²) < 4.78 is 5.50. The number of halogens is 1. The molecular formula is C20H26ClN5O3. The van der Waals surface area contributed by atoms with E-state index in [1.807, 2.05) is 6.07 Å². The molecule has 0 bridgehead atoms. The van der Waals surface area contributed by atoms with Crippen LogP contribution in [0.15, 0.2) is 48.7 Å². The van der Waals surface area contributed by atoms with E-state index in [1.165, 1.54) is 4.90 Å². The number of amides is 2. The number of nitrogens with zero attached hydrogens (tertiary/aromatic N) is 2. The second-order valence-electron chi connectivity index (χ2n) is 7.40. The van der Waals surface area contributed by atoms with Crippen LogP contribution in [-0.4, -0.2) is 40.1 Å². The van der Waals surface area contributed by atoms with Gasteiger partial charge in [0.1, 0.15) is 11.6 Å². The molecule has 0 radical (unpaired) electrons. The molecule has 8 nitrogen and oxygen atoms in total. The Morgan fingerprint density at radius 3 is 2.59 bits per heavy atom. The second kappa shape index (κ2) is 10.1. The largest absolute Gasteiger partial charge is 0.444 e. The Balaban J connectivity index is 2.25. The lowest BCUT2D eigenvalue weighted by atomic mass is 10.2. The van der Waals surface area contributed by atoms with Gasteiger partial charge in [0.2, 0.25) is 0 Å². The quantitative estimate of drug-likeness (QED) is 0.361. The number of carbonyl (C=O) groups is 2. The van der Waals surface area contributed by atoms with E-state index < -0.39 is 23.6 Å². The molecule has 2 aromatic rings. The molecule has 0 aliphatic carbocycles. The van der Waals surface area contributed by atoms with Crippen molar-refractivity contribution < 1.29 is 14.3 Å². The van der Waals surface area contributed by atoms with Crippen LogP contribution >= 0.6 is 11.6 Å². The van der Waals surface area contributed by atoms with E-state index in [4.69, 9.17) is 22.2 Å². The van der Waals surface area contributed by atoms with Gasteiger partial charge in [-0.2, -0.15) is 0 Å². The second-order valence-corrected chi connectivity index (χ2v) is 7.83. The van der Waals surface area contributed by atoms with E-state index in [2.05, 4.69) is 15.7 Å². The molecular weight excluding hydrogens is 394 g/mol. The summed E-state index contributed by atoms with van der Waals surface area (Å²) in [5, 5.41) is 3.57. The first-order chi connectivity index (χ1) is 13.7. The van der Waals surface area contributed by atoms with E-state index in [-0.39, 0.29) is 13.1 Å². The highest BCUT2D eigenvalue weighted by molar-refractivity contribution is 6.30. The summed E-state index contributed by atoms with van der Waals surface area (Å²) in [6.45, 7) is 5.50. The molecule has 4 N–H and O–H groups in total. The molecule has 0 unspecified atom stereocenters. The molecule has 2 amide bonds. The smallest absolute Gasteiger partial charge is 0.410 e. The van der Waals surface area contributed by atoms with Crippen LogP contribution in [0.1, 0.15) is 26.5 Å². The number of carbonyl (C=O) groups excluding carboxylic acids is 2. The molecule has 1 atom stereocenters. The third-order valence-corrected chi connectivity index (χ3v) is 3.99. The van der Waals surface area contributed by atoms with Gasteiger partial charge in [-0.25, -0.2) is 10.6 Å². The van der Waals surface area contributed by atoms with Gasteiger partial charge in [-0.1, -0.05) is 23.7 Å². The highest BCUT2D eigenvalue weighted by Crippen LogP contribution is 2.17. The Bertz CT molecular complexity index is 826. The molecule has 1 aromatic heterocycles. The number of hydrogen-bond donors (Lipinski definition) is 3. The maximum Gasteiger partial charge on any atom is 0.410 e. The van der Waals surface area contributed by atoms with Crippen molar-refractivity contribution in [3.63, 3.8) is 0 Å². The fourth-order valence-electron chi connectivity index (χ4n) is 2.51. The van der Waals surface area contributed by atoms with Crippen LogP contribution in [0.4, 0.5) is 10.5 Å². The first-order valence-electron chi connectivity index (χ1n) is 9.08. The summed E-state index contributed by atoms with van der Waals surface area (Å²) >= 11 is 6.02. The molecule has 1 aromatic carbocycles.